The molecule has 0 aromatic carbocycles. The molecule has 0 saturated carbocycles. The summed E-state index contributed by atoms with van der Waals surface area (Å²) in [5, 5.41) is 0. The molecule has 0 spiro atoms. The Hall–Kier alpha value is -1.26. The third-order valence-corrected chi connectivity index (χ3v) is 8.51. The number of hydrogen-bond acceptors (Lipinski definition) is 9. The number of nitrogens with zero attached hydrogens (tertiary/aromatic N) is 2. The first-order chi connectivity index (χ1) is 22.3. The molecule has 1 heterocycles. The molecule has 0 unspecified atom stereocenters. The molecule has 1 aliphatic rings. The van der Waals surface area contributed by atoms with Gasteiger partial charge < -0.3 is 33.5 Å². The smallest absolute Gasteiger partial charge is 0.308 e. The van der Waals surface area contributed by atoms with Crippen LogP contribution >= 0.6 is 0 Å². The molecule has 46 heavy (non-hydrogen) atoms. The molecule has 0 N–H and O–H groups in total. The predicted octanol–water partition coefficient (Wildman–Crippen LogP) is 7.53. The van der Waals surface area contributed by atoms with Gasteiger partial charge in [0.2, 0.25) is 6.29 Å². The van der Waals surface area contributed by atoms with Crippen molar-refractivity contribution in [3.05, 3.63) is 0 Å². The van der Waals surface area contributed by atoms with Crippen molar-refractivity contribution in [3.8, 4) is 0 Å². The molecule has 1 saturated heterocycles. The summed E-state index contributed by atoms with van der Waals surface area (Å²) in [4.78, 5) is 29.4. The Labute approximate surface area is 282 Å². The van der Waals surface area contributed by atoms with E-state index in [2.05, 4.69) is 13.8 Å². The minimum Gasteiger partial charge on any atom is -0.463 e. The first kappa shape index (κ1) is 42.8. The van der Waals surface area contributed by atoms with E-state index < -0.39 is 24.6 Å². The van der Waals surface area contributed by atoms with Crippen molar-refractivity contribution in [1.29, 1.82) is 0 Å². The average molecular weight is 657 g/mol. The number of carbonyl (C=O) groups excluding carboxylic acids is 2. The summed E-state index contributed by atoms with van der Waals surface area (Å²) < 4.78 is 30.6. The first-order valence-electron chi connectivity index (χ1n) is 18.8. The van der Waals surface area contributed by atoms with Gasteiger partial charge in [-0.1, -0.05) is 104 Å². The van der Waals surface area contributed by atoms with E-state index in [4.69, 9.17) is 23.7 Å². The number of hydrogen-bond donors (Lipinski definition) is 0. The Bertz CT molecular complexity index is 737. The normalized spacial score (nSPS) is 19.7. The molecule has 0 aromatic heterocycles. The van der Waals surface area contributed by atoms with E-state index in [0.717, 1.165) is 45.2 Å². The van der Waals surface area contributed by atoms with Crippen LogP contribution in [0.4, 0.5) is 0 Å². The molecular formula is C37H72N2O7. The summed E-state index contributed by atoms with van der Waals surface area (Å²) in [7, 11) is 7.95. The van der Waals surface area contributed by atoms with E-state index in [0.29, 0.717) is 32.5 Å². The highest BCUT2D eigenvalue weighted by molar-refractivity contribution is 5.69. The zero-order chi connectivity index (χ0) is 33.8. The maximum atomic E-state index is 12.8. The molecule has 0 bridgehead atoms. The Balaban J connectivity index is 2.81. The van der Waals surface area contributed by atoms with Gasteiger partial charge in [-0.15, -0.1) is 0 Å². The SMILES string of the molecule is CCCCCCCCCCO[C@@H]1[C@H](OC(=O)CCCN(C)C)O[C@H](COC(=O)CCCN(C)C)[C@@H]1OCCCCCCCCCC. The second-order valence-corrected chi connectivity index (χ2v) is 13.7. The maximum Gasteiger partial charge on any atom is 0.308 e. The fourth-order valence-electron chi connectivity index (χ4n) is 5.72. The van der Waals surface area contributed by atoms with Gasteiger partial charge in [0, 0.05) is 26.1 Å². The zero-order valence-corrected chi connectivity index (χ0v) is 30.7. The number of carbonyl (C=O) groups is 2. The highest BCUT2D eigenvalue weighted by atomic mass is 16.7. The van der Waals surface area contributed by atoms with Crippen LogP contribution in [0.2, 0.25) is 0 Å². The summed E-state index contributed by atoms with van der Waals surface area (Å²) in [6.07, 6.45) is 19.0. The third-order valence-electron chi connectivity index (χ3n) is 8.51. The van der Waals surface area contributed by atoms with Gasteiger partial charge in [0.25, 0.3) is 0 Å². The Morgan fingerprint density at radius 3 is 1.48 bits per heavy atom. The van der Waals surface area contributed by atoms with Crippen molar-refractivity contribution in [2.75, 3.05) is 61.1 Å². The molecule has 0 radical (unpaired) electrons. The van der Waals surface area contributed by atoms with Crippen molar-refractivity contribution in [1.82, 2.24) is 9.80 Å². The average Bonchev–Trinajstić information content (AvgIpc) is 3.33. The lowest BCUT2D eigenvalue weighted by molar-refractivity contribution is -0.197. The van der Waals surface area contributed by atoms with Gasteiger partial charge in [-0.05, 0) is 67.0 Å². The van der Waals surface area contributed by atoms with Gasteiger partial charge in [0.15, 0.2) is 0 Å². The van der Waals surface area contributed by atoms with Gasteiger partial charge >= 0.3 is 11.9 Å². The van der Waals surface area contributed by atoms with Crippen LogP contribution in [0.5, 0.6) is 0 Å². The van der Waals surface area contributed by atoms with Crippen LogP contribution in [-0.2, 0) is 33.3 Å². The highest BCUT2D eigenvalue weighted by Crippen LogP contribution is 2.29. The third kappa shape index (κ3) is 22.3. The topological polar surface area (TPSA) is 86.8 Å². The van der Waals surface area contributed by atoms with Crippen molar-refractivity contribution < 1.29 is 33.3 Å². The van der Waals surface area contributed by atoms with Crippen molar-refractivity contribution in [2.24, 2.45) is 0 Å². The fraction of sp³-hybridized carbons (Fsp3) is 0.946. The summed E-state index contributed by atoms with van der Waals surface area (Å²) >= 11 is 0. The van der Waals surface area contributed by atoms with Crippen molar-refractivity contribution >= 4 is 11.9 Å². The quantitative estimate of drug-likeness (QED) is 0.0555. The van der Waals surface area contributed by atoms with Crippen molar-refractivity contribution in [3.63, 3.8) is 0 Å². The molecule has 1 rings (SSSR count). The van der Waals surface area contributed by atoms with E-state index >= 15 is 0 Å². The lowest BCUT2D eigenvalue weighted by Gasteiger charge is -2.24. The summed E-state index contributed by atoms with van der Waals surface area (Å²) in [5.74, 6) is -0.566. The molecule has 1 aliphatic heterocycles. The van der Waals surface area contributed by atoms with Crippen molar-refractivity contribution in [2.45, 2.75) is 167 Å². The van der Waals surface area contributed by atoms with Gasteiger partial charge in [-0.2, -0.15) is 0 Å². The second kappa shape index (κ2) is 28.7. The Kier molecular flexibility index (Phi) is 26.7. The molecular weight excluding hydrogens is 584 g/mol. The molecule has 4 atom stereocenters. The Morgan fingerprint density at radius 1 is 0.565 bits per heavy atom. The predicted molar refractivity (Wildman–Crippen MR) is 186 cm³/mol. The number of unbranched alkanes of at least 4 members (excludes halogenated alkanes) is 14. The van der Waals surface area contributed by atoms with Crippen LogP contribution in [0.25, 0.3) is 0 Å². The van der Waals surface area contributed by atoms with Crippen LogP contribution in [0.15, 0.2) is 0 Å². The zero-order valence-electron chi connectivity index (χ0n) is 30.7. The number of esters is 2. The minimum absolute atomic E-state index is 0.0508. The van der Waals surface area contributed by atoms with Crippen LogP contribution < -0.4 is 0 Å². The van der Waals surface area contributed by atoms with E-state index in [9.17, 15) is 9.59 Å². The number of ether oxygens (including phenoxy) is 5. The first-order valence-corrected chi connectivity index (χ1v) is 18.8. The summed E-state index contributed by atoms with van der Waals surface area (Å²) in [5.41, 5.74) is 0. The Morgan fingerprint density at radius 2 is 1.00 bits per heavy atom. The summed E-state index contributed by atoms with van der Waals surface area (Å²) in [6, 6.07) is 0. The molecule has 0 aromatic rings. The minimum atomic E-state index is -0.887. The van der Waals surface area contributed by atoms with Gasteiger partial charge in [0.05, 0.1) is 0 Å². The van der Waals surface area contributed by atoms with E-state index in [1.54, 1.807) is 0 Å². The van der Waals surface area contributed by atoms with E-state index in [1.807, 2.05) is 38.0 Å². The molecule has 0 aliphatic carbocycles. The lowest BCUT2D eigenvalue weighted by atomic mass is 10.1. The van der Waals surface area contributed by atoms with Gasteiger partial charge in [-0.25, -0.2) is 0 Å². The van der Waals surface area contributed by atoms with Gasteiger partial charge in [-0.3, -0.25) is 9.59 Å². The standard InChI is InChI=1S/C37H72N2O7/c1-7-9-11-13-15-17-19-21-29-42-35-32(31-44-33(40)25-23-27-38(3)4)45-37(46-34(41)26-24-28-39(5)6)36(35)43-30-22-20-18-16-14-12-10-8-2/h32,35-37H,7-31H2,1-6H3/t32-,35+,36+,37+/m1/s1. The summed E-state index contributed by atoms with van der Waals surface area (Å²) in [6.45, 7) is 7.27. The fourth-order valence-corrected chi connectivity index (χ4v) is 5.72. The molecule has 0 amide bonds. The van der Waals surface area contributed by atoms with Crippen LogP contribution in [0.1, 0.15) is 142 Å². The van der Waals surface area contributed by atoms with E-state index in [-0.39, 0.29) is 18.5 Å². The lowest BCUT2D eigenvalue weighted by Crippen LogP contribution is -2.41. The van der Waals surface area contributed by atoms with Crippen LogP contribution in [-0.4, -0.2) is 107 Å². The van der Waals surface area contributed by atoms with E-state index in [1.165, 1.54) is 77.0 Å². The second-order valence-electron chi connectivity index (χ2n) is 13.7. The highest BCUT2D eigenvalue weighted by Gasteiger charge is 2.49. The largest absolute Gasteiger partial charge is 0.463 e. The van der Waals surface area contributed by atoms with Crippen LogP contribution in [0, 0.1) is 0 Å². The molecule has 272 valence electrons. The monoisotopic (exact) mass is 657 g/mol. The maximum absolute atomic E-state index is 12.8. The molecule has 9 nitrogen and oxygen atoms in total. The number of rotatable bonds is 31. The van der Waals surface area contributed by atoms with Gasteiger partial charge in [0.1, 0.15) is 24.9 Å². The van der Waals surface area contributed by atoms with Crippen LogP contribution in [0.3, 0.4) is 0 Å². The molecule has 9 heteroatoms. The molecule has 1 fully saturated rings.